The summed E-state index contributed by atoms with van der Waals surface area (Å²) in [5.74, 6) is -2.30. The van der Waals surface area contributed by atoms with Crippen molar-refractivity contribution in [1.29, 1.82) is 0 Å². The first-order chi connectivity index (χ1) is 14.3. The molecule has 2 heterocycles. The SMILES string of the molecule is CN1C(C)(C)CC(C(CCCC(=O)[O-])(C(=O)[O-])C2CC(C)(C)N(C)C(C)(C)C2)CC1(C)C. The Morgan fingerprint density at radius 1 is 0.750 bits per heavy atom. The maximum absolute atomic E-state index is 13.2. The van der Waals surface area contributed by atoms with Crippen LogP contribution in [-0.2, 0) is 9.59 Å². The molecule has 2 aliphatic heterocycles. The van der Waals surface area contributed by atoms with Gasteiger partial charge in [-0.05, 0) is 126 Å². The number of likely N-dealkylation sites (tertiary alicyclic amines) is 2. The van der Waals surface area contributed by atoms with Gasteiger partial charge in [-0.3, -0.25) is 9.80 Å². The lowest BCUT2D eigenvalue weighted by atomic mass is 9.52. The molecule has 2 rings (SSSR count). The Labute approximate surface area is 195 Å². The Bertz CT molecular complexity index is 647. The van der Waals surface area contributed by atoms with Gasteiger partial charge in [0.25, 0.3) is 0 Å². The first-order valence-electron chi connectivity index (χ1n) is 12.2. The summed E-state index contributed by atoms with van der Waals surface area (Å²) < 4.78 is 0. The van der Waals surface area contributed by atoms with E-state index in [0.29, 0.717) is 12.8 Å². The average Bonchev–Trinajstić information content (AvgIpc) is 2.59. The molecule has 0 aromatic rings. The number of hydrogen-bond donors (Lipinski definition) is 0. The molecule has 32 heavy (non-hydrogen) atoms. The normalized spacial score (nSPS) is 26.7. The summed E-state index contributed by atoms with van der Waals surface area (Å²) in [6.07, 6.45) is 3.51. The third-order valence-electron chi connectivity index (χ3n) is 9.42. The maximum Gasteiger partial charge on any atom is 0.0481 e. The Balaban J connectivity index is 2.61. The fourth-order valence-corrected chi connectivity index (χ4v) is 7.17. The summed E-state index contributed by atoms with van der Waals surface area (Å²) in [5, 5.41) is 24.4. The van der Waals surface area contributed by atoms with E-state index in [1.165, 1.54) is 0 Å². The topological polar surface area (TPSA) is 86.7 Å². The van der Waals surface area contributed by atoms with Crippen LogP contribution in [0.3, 0.4) is 0 Å². The summed E-state index contributed by atoms with van der Waals surface area (Å²) in [5.41, 5.74) is -1.74. The predicted molar refractivity (Wildman–Crippen MR) is 124 cm³/mol. The van der Waals surface area contributed by atoms with Crippen LogP contribution in [0.15, 0.2) is 0 Å². The molecule has 186 valence electrons. The molecule has 0 N–H and O–H groups in total. The van der Waals surface area contributed by atoms with E-state index in [-0.39, 0.29) is 40.4 Å². The predicted octanol–water partition coefficient (Wildman–Crippen LogP) is 2.44. The van der Waals surface area contributed by atoms with E-state index in [1.807, 2.05) is 0 Å². The smallest absolute Gasteiger partial charge is 0.0481 e. The number of carbonyl (C=O) groups is 2. The molecule has 0 aliphatic carbocycles. The fourth-order valence-electron chi connectivity index (χ4n) is 7.17. The van der Waals surface area contributed by atoms with Crippen molar-refractivity contribution in [2.24, 2.45) is 17.3 Å². The highest BCUT2D eigenvalue weighted by atomic mass is 16.4. The van der Waals surface area contributed by atoms with Crippen molar-refractivity contribution in [2.45, 2.75) is 122 Å². The van der Waals surface area contributed by atoms with Crippen molar-refractivity contribution in [3.63, 3.8) is 0 Å². The van der Waals surface area contributed by atoms with Gasteiger partial charge < -0.3 is 19.8 Å². The summed E-state index contributed by atoms with van der Waals surface area (Å²) in [6, 6.07) is 0. The van der Waals surface area contributed by atoms with E-state index in [9.17, 15) is 19.8 Å². The molecule has 0 unspecified atom stereocenters. The van der Waals surface area contributed by atoms with Gasteiger partial charge in [0.05, 0.1) is 0 Å². The minimum absolute atomic E-state index is 0.0875. The van der Waals surface area contributed by atoms with Crippen molar-refractivity contribution < 1.29 is 19.8 Å². The highest BCUT2D eigenvalue weighted by molar-refractivity contribution is 5.74. The zero-order chi connectivity index (χ0) is 24.9. The molecule has 2 saturated heterocycles. The van der Waals surface area contributed by atoms with Gasteiger partial charge in [-0.25, -0.2) is 0 Å². The van der Waals surface area contributed by atoms with Crippen molar-refractivity contribution in [3.05, 3.63) is 0 Å². The summed E-state index contributed by atoms with van der Waals surface area (Å²) >= 11 is 0. The minimum Gasteiger partial charge on any atom is -0.550 e. The van der Waals surface area contributed by atoms with Crippen LogP contribution in [0.25, 0.3) is 0 Å². The van der Waals surface area contributed by atoms with Gasteiger partial charge in [-0.15, -0.1) is 0 Å². The second kappa shape index (κ2) is 8.57. The van der Waals surface area contributed by atoms with Crippen LogP contribution >= 0.6 is 0 Å². The lowest BCUT2D eigenvalue weighted by Gasteiger charge is -2.63. The van der Waals surface area contributed by atoms with Crippen molar-refractivity contribution in [2.75, 3.05) is 14.1 Å². The lowest BCUT2D eigenvalue weighted by Crippen LogP contribution is -2.67. The van der Waals surface area contributed by atoms with E-state index in [4.69, 9.17) is 0 Å². The summed E-state index contributed by atoms with van der Waals surface area (Å²) in [6.45, 7) is 17.5. The third kappa shape index (κ3) is 4.86. The molecule has 2 fully saturated rings. The maximum atomic E-state index is 13.2. The lowest BCUT2D eigenvalue weighted by molar-refractivity contribution is -0.331. The first-order valence-corrected chi connectivity index (χ1v) is 12.2. The van der Waals surface area contributed by atoms with Crippen LogP contribution in [0.5, 0.6) is 0 Å². The van der Waals surface area contributed by atoms with Crippen LogP contribution in [0.2, 0.25) is 0 Å². The molecule has 6 nitrogen and oxygen atoms in total. The number of carboxylic acid groups (broad SMARTS) is 2. The van der Waals surface area contributed by atoms with Gasteiger partial charge in [0.1, 0.15) is 0 Å². The Morgan fingerprint density at radius 2 is 1.06 bits per heavy atom. The molecule has 0 spiro atoms. The van der Waals surface area contributed by atoms with E-state index in [1.54, 1.807) is 0 Å². The van der Waals surface area contributed by atoms with Gasteiger partial charge in [0.15, 0.2) is 0 Å². The quantitative estimate of drug-likeness (QED) is 0.592. The number of aliphatic carboxylic acids is 2. The van der Waals surface area contributed by atoms with E-state index in [2.05, 4.69) is 79.3 Å². The van der Waals surface area contributed by atoms with Crippen LogP contribution in [0.4, 0.5) is 0 Å². The molecule has 0 radical (unpaired) electrons. The molecule has 6 heteroatoms. The second-order valence-electron chi connectivity index (χ2n) is 13.1. The Morgan fingerprint density at radius 3 is 1.31 bits per heavy atom. The van der Waals surface area contributed by atoms with Crippen molar-refractivity contribution >= 4 is 11.9 Å². The largest absolute Gasteiger partial charge is 0.550 e. The van der Waals surface area contributed by atoms with Gasteiger partial charge in [-0.2, -0.15) is 0 Å². The van der Waals surface area contributed by atoms with Gasteiger partial charge in [0.2, 0.25) is 0 Å². The molecule has 0 bridgehead atoms. The highest BCUT2D eigenvalue weighted by Gasteiger charge is 2.57. The van der Waals surface area contributed by atoms with Crippen LogP contribution in [0.1, 0.15) is 100 Å². The van der Waals surface area contributed by atoms with Crippen molar-refractivity contribution in [3.8, 4) is 0 Å². The molecular formula is C26H46N2O4-2. The molecule has 0 amide bonds. The molecular weight excluding hydrogens is 404 g/mol. The highest BCUT2D eigenvalue weighted by Crippen LogP contribution is 2.57. The Kier molecular flexibility index (Phi) is 7.26. The van der Waals surface area contributed by atoms with Gasteiger partial charge in [0, 0.05) is 39.5 Å². The summed E-state index contributed by atoms with van der Waals surface area (Å²) in [4.78, 5) is 29.1. The number of carbonyl (C=O) groups excluding carboxylic acids is 2. The number of piperidine rings is 2. The zero-order valence-electron chi connectivity index (χ0n) is 22.1. The molecule has 0 aromatic heterocycles. The standard InChI is InChI=1S/C26H48N2O4/c1-22(2)14-18(15-23(3,4)27(22)9)26(21(31)32,13-11-12-20(29)30)19-16-24(5,6)28(10)25(7,8)17-19/h18-19H,11-17H2,1-10H3,(H,29,30)(H,31,32)/p-2. The molecule has 2 aliphatic rings. The van der Waals surface area contributed by atoms with Gasteiger partial charge in [-0.1, -0.05) is 0 Å². The number of carboxylic acids is 2. The van der Waals surface area contributed by atoms with Crippen molar-refractivity contribution in [1.82, 2.24) is 9.80 Å². The second-order valence-corrected chi connectivity index (χ2v) is 13.1. The van der Waals surface area contributed by atoms with Crippen LogP contribution in [0, 0.1) is 17.3 Å². The number of rotatable bonds is 7. The molecule has 0 saturated carbocycles. The van der Waals surface area contributed by atoms with E-state index < -0.39 is 17.4 Å². The summed E-state index contributed by atoms with van der Waals surface area (Å²) in [7, 11) is 4.24. The molecule has 0 atom stereocenters. The van der Waals surface area contributed by atoms with Crippen LogP contribution < -0.4 is 10.2 Å². The number of hydrogen-bond acceptors (Lipinski definition) is 6. The third-order valence-corrected chi connectivity index (χ3v) is 9.42. The average molecular weight is 451 g/mol. The fraction of sp³-hybridized carbons (Fsp3) is 0.923. The Hall–Kier alpha value is -1.14. The van der Waals surface area contributed by atoms with E-state index >= 15 is 0 Å². The van der Waals surface area contributed by atoms with Crippen LogP contribution in [-0.4, -0.2) is 58.0 Å². The monoisotopic (exact) mass is 450 g/mol. The number of nitrogens with zero attached hydrogens (tertiary/aromatic N) is 2. The first kappa shape index (κ1) is 27.1. The van der Waals surface area contributed by atoms with E-state index in [0.717, 1.165) is 25.7 Å². The minimum atomic E-state index is -1.12. The molecule has 0 aromatic carbocycles. The van der Waals surface area contributed by atoms with Gasteiger partial charge >= 0.3 is 0 Å². The zero-order valence-corrected chi connectivity index (χ0v) is 22.1.